The van der Waals surface area contributed by atoms with E-state index in [0.717, 1.165) is 0 Å². The van der Waals surface area contributed by atoms with E-state index in [1.54, 1.807) is 29.0 Å². The van der Waals surface area contributed by atoms with E-state index in [4.69, 9.17) is 9.26 Å². The molecule has 37 heavy (non-hydrogen) atoms. The zero-order valence-electron chi connectivity index (χ0n) is 20.5. The second-order valence-corrected chi connectivity index (χ2v) is 9.90. The number of imide groups is 2. The third-order valence-electron chi connectivity index (χ3n) is 7.29. The van der Waals surface area contributed by atoms with Gasteiger partial charge in [-0.1, -0.05) is 5.16 Å². The van der Waals surface area contributed by atoms with Crippen LogP contribution in [0.15, 0.2) is 23.0 Å². The summed E-state index contributed by atoms with van der Waals surface area (Å²) in [5.41, 5.74) is -0.509. The number of barbiturate groups is 1. The predicted molar refractivity (Wildman–Crippen MR) is 128 cm³/mol. The molecule has 2 aromatic heterocycles. The number of amides is 4. The molecule has 192 valence electrons. The van der Waals surface area contributed by atoms with Crippen molar-refractivity contribution in [3.8, 4) is 11.4 Å². The molecule has 0 aliphatic carbocycles. The molecule has 1 spiro atoms. The highest BCUT2D eigenvalue weighted by atomic mass is 19.1. The van der Waals surface area contributed by atoms with E-state index >= 15 is 4.39 Å². The number of morpholine rings is 1. The highest BCUT2D eigenvalue weighted by Crippen LogP contribution is 2.49. The lowest BCUT2D eigenvalue weighted by molar-refractivity contribution is -0.153. The molecule has 0 unspecified atom stereocenters. The largest absolute Gasteiger partial charge is 0.372 e. The van der Waals surface area contributed by atoms with Crippen molar-refractivity contribution in [1.82, 2.24) is 25.8 Å². The van der Waals surface area contributed by atoms with Gasteiger partial charge in [-0.15, -0.1) is 0 Å². The van der Waals surface area contributed by atoms with E-state index in [0.29, 0.717) is 22.5 Å². The van der Waals surface area contributed by atoms with Crippen LogP contribution in [0.25, 0.3) is 22.4 Å². The molecule has 0 radical (unpaired) electrons. The van der Waals surface area contributed by atoms with E-state index < -0.39 is 41.2 Å². The van der Waals surface area contributed by atoms with Crippen molar-refractivity contribution in [3.05, 3.63) is 29.8 Å². The number of ether oxygens (including phenoxy) is 1. The molecule has 3 aliphatic heterocycles. The Morgan fingerprint density at radius 2 is 1.89 bits per heavy atom. The third kappa shape index (κ3) is 3.23. The predicted octanol–water partition coefficient (Wildman–Crippen LogP) is 1.38. The molecular formula is C24H24FN7O5. The summed E-state index contributed by atoms with van der Waals surface area (Å²) in [5.74, 6) is -1.58. The van der Waals surface area contributed by atoms with Gasteiger partial charge < -0.3 is 19.1 Å². The first-order chi connectivity index (χ1) is 17.6. The minimum atomic E-state index is -1.72. The van der Waals surface area contributed by atoms with Crippen LogP contribution in [0.5, 0.6) is 0 Å². The molecule has 0 bridgehead atoms. The molecule has 3 aromatic rings. The Balaban J connectivity index is 1.58. The molecular weight excluding hydrogens is 485 g/mol. The Hall–Kier alpha value is -4.13. The molecule has 0 saturated carbocycles. The van der Waals surface area contributed by atoms with Gasteiger partial charge in [0.25, 0.3) is 0 Å². The maximum Gasteiger partial charge on any atom is 0.328 e. The van der Waals surface area contributed by atoms with Crippen molar-refractivity contribution < 1.29 is 28.0 Å². The lowest BCUT2D eigenvalue weighted by atomic mass is 9.66. The van der Waals surface area contributed by atoms with Gasteiger partial charge in [0.05, 0.1) is 41.7 Å². The fraction of sp³-hybridized carbons (Fsp3) is 0.417. The van der Waals surface area contributed by atoms with Gasteiger partial charge >= 0.3 is 6.03 Å². The lowest BCUT2D eigenvalue weighted by Gasteiger charge is -2.55. The Bertz CT molecular complexity index is 1470. The summed E-state index contributed by atoms with van der Waals surface area (Å²) in [4.78, 5) is 50.8. The Labute approximate surface area is 210 Å². The van der Waals surface area contributed by atoms with Crippen LogP contribution in [-0.2, 0) is 20.7 Å². The maximum atomic E-state index is 16.2. The summed E-state index contributed by atoms with van der Waals surface area (Å²) >= 11 is 0. The molecule has 2 fully saturated rings. The van der Waals surface area contributed by atoms with E-state index in [1.165, 1.54) is 6.20 Å². The van der Waals surface area contributed by atoms with Gasteiger partial charge in [0.15, 0.2) is 11.2 Å². The average molecular weight is 509 g/mol. The van der Waals surface area contributed by atoms with Gasteiger partial charge in [0, 0.05) is 27.1 Å². The van der Waals surface area contributed by atoms with E-state index in [1.807, 2.05) is 21.0 Å². The normalized spacial score (nSPS) is 24.5. The Morgan fingerprint density at radius 1 is 1.16 bits per heavy atom. The fourth-order valence-corrected chi connectivity index (χ4v) is 5.82. The number of hydrogen-bond acceptors (Lipinski definition) is 10. The second-order valence-electron chi connectivity index (χ2n) is 9.90. The van der Waals surface area contributed by atoms with Crippen LogP contribution in [-0.4, -0.2) is 71.9 Å². The summed E-state index contributed by atoms with van der Waals surface area (Å²) in [6, 6.07) is -0.0807. The molecule has 13 heteroatoms. The molecule has 2 saturated heterocycles. The van der Waals surface area contributed by atoms with Crippen molar-refractivity contribution in [3.63, 3.8) is 0 Å². The number of fused-ring (bicyclic) bond motifs is 5. The Kier molecular flexibility index (Phi) is 4.99. The van der Waals surface area contributed by atoms with Crippen LogP contribution >= 0.6 is 0 Å². The molecule has 3 atom stereocenters. The first-order valence-corrected chi connectivity index (χ1v) is 11.8. The number of nitrogens with zero attached hydrogens (tertiary/aromatic N) is 5. The van der Waals surface area contributed by atoms with Crippen LogP contribution in [0.4, 0.5) is 20.7 Å². The monoisotopic (exact) mass is 509 g/mol. The highest BCUT2D eigenvalue weighted by molar-refractivity contribution is 6.20. The van der Waals surface area contributed by atoms with Gasteiger partial charge in [-0.3, -0.25) is 25.2 Å². The molecule has 2 N–H and O–H groups in total. The SMILES string of the molecule is C[C@H]1CN2c3c(cc4c(-c5cncc(N(C)C)n5)noc4c3F)CC3(C(=O)NC(=O)NC3=O)[C@@H]2[C@@H](C)O1. The topological polar surface area (TPSA) is 143 Å². The number of carbonyl (C=O) groups excluding carboxylic acids is 3. The molecule has 1 aromatic carbocycles. The number of anilines is 2. The second kappa shape index (κ2) is 7.93. The summed E-state index contributed by atoms with van der Waals surface area (Å²) in [7, 11) is 3.63. The van der Waals surface area contributed by atoms with Gasteiger partial charge in [0.2, 0.25) is 17.4 Å². The Morgan fingerprint density at radius 3 is 2.59 bits per heavy atom. The van der Waals surface area contributed by atoms with Crippen molar-refractivity contribution >= 4 is 40.3 Å². The molecule has 6 rings (SSSR count). The number of urea groups is 1. The number of halogens is 1. The number of rotatable bonds is 2. The lowest BCUT2D eigenvalue weighted by Crippen LogP contribution is -2.75. The highest BCUT2D eigenvalue weighted by Gasteiger charge is 2.63. The zero-order chi connectivity index (χ0) is 26.2. The molecule has 12 nitrogen and oxygen atoms in total. The maximum absolute atomic E-state index is 16.2. The summed E-state index contributed by atoms with van der Waals surface area (Å²) in [5, 5.41) is 8.88. The van der Waals surface area contributed by atoms with E-state index in [2.05, 4.69) is 25.8 Å². The number of aromatic nitrogens is 3. The van der Waals surface area contributed by atoms with Gasteiger partial charge in [0.1, 0.15) is 17.2 Å². The first-order valence-electron chi connectivity index (χ1n) is 11.8. The smallest absolute Gasteiger partial charge is 0.328 e. The fourth-order valence-electron chi connectivity index (χ4n) is 5.82. The summed E-state index contributed by atoms with van der Waals surface area (Å²) in [6.45, 7) is 3.78. The van der Waals surface area contributed by atoms with Gasteiger partial charge in [-0.05, 0) is 25.5 Å². The van der Waals surface area contributed by atoms with Crippen molar-refractivity contribution in [1.29, 1.82) is 0 Å². The first kappa shape index (κ1) is 23.3. The van der Waals surface area contributed by atoms with E-state index in [9.17, 15) is 14.4 Å². The van der Waals surface area contributed by atoms with Crippen molar-refractivity contribution in [2.24, 2.45) is 5.41 Å². The zero-order valence-corrected chi connectivity index (χ0v) is 20.5. The van der Waals surface area contributed by atoms with Crippen LogP contribution in [0.2, 0.25) is 0 Å². The third-order valence-corrected chi connectivity index (χ3v) is 7.29. The summed E-state index contributed by atoms with van der Waals surface area (Å²) in [6.07, 6.45) is 2.00. The van der Waals surface area contributed by atoms with Gasteiger partial charge in [-0.2, -0.15) is 0 Å². The minimum Gasteiger partial charge on any atom is -0.372 e. The van der Waals surface area contributed by atoms with E-state index in [-0.39, 0.29) is 36.0 Å². The van der Waals surface area contributed by atoms with Crippen LogP contribution < -0.4 is 20.4 Å². The molecule has 4 amide bonds. The average Bonchev–Trinajstić information content (AvgIpc) is 3.26. The van der Waals surface area contributed by atoms with Crippen molar-refractivity contribution in [2.75, 3.05) is 30.4 Å². The minimum absolute atomic E-state index is 0.0694. The van der Waals surface area contributed by atoms with Crippen LogP contribution in [0, 0.1) is 11.2 Å². The summed E-state index contributed by atoms with van der Waals surface area (Å²) < 4.78 is 27.6. The number of benzene rings is 1. The number of hydrogen-bond donors (Lipinski definition) is 2. The van der Waals surface area contributed by atoms with Crippen LogP contribution in [0.3, 0.4) is 0 Å². The van der Waals surface area contributed by atoms with Crippen molar-refractivity contribution in [2.45, 2.75) is 38.5 Å². The standard InChI is InChI=1S/C24H24FN7O5/c1-10-9-32-18-12(6-24(20(32)11(2)36-10)21(33)28-23(35)29-22(24)34)5-13-17(30-37-19(13)16(18)25)14-7-26-8-15(27-14)31(3)4/h5,7-8,10-11,20H,6,9H2,1-4H3,(H2,28,29,33,34,35)/t10-,11+,20-/m0/s1. The number of nitrogens with one attached hydrogen (secondary N) is 2. The van der Waals surface area contributed by atoms with Gasteiger partial charge in [-0.25, -0.2) is 14.2 Å². The number of carbonyl (C=O) groups is 3. The van der Waals surface area contributed by atoms with Crippen LogP contribution in [0.1, 0.15) is 19.4 Å². The molecule has 3 aliphatic rings. The molecule has 5 heterocycles. The quantitative estimate of drug-likeness (QED) is 0.487.